The van der Waals surface area contributed by atoms with Crippen molar-refractivity contribution in [2.45, 2.75) is 18.9 Å². The number of hydrogen-bond acceptors (Lipinski definition) is 4. The summed E-state index contributed by atoms with van der Waals surface area (Å²) >= 11 is 0. The van der Waals surface area contributed by atoms with Crippen LogP contribution in [-0.4, -0.2) is 49.6 Å². The zero-order valence-electron chi connectivity index (χ0n) is 12.8. The van der Waals surface area contributed by atoms with Crippen molar-refractivity contribution in [3.8, 4) is 0 Å². The normalized spacial score (nSPS) is 17.1. The Morgan fingerprint density at radius 3 is 2.55 bits per heavy atom. The van der Waals surface area contributed by atoms with E-state index in [2.05, 4.69) is 5.32 Å². The summed E-state index contributed by atoms with van der Waals surface area (Å²) in [6.45, 7) is 1.33. The first-order chi connectivity index (χ1) is 10.6. The number of anilines is 1. The van der Waals surface area contributed by atoms with E-state index in [1.165, 1.54) is 7.11 Å². The molecule has 0 aromatic heterocycles. The van der Waals surface area contributed by atoms with E-state index >= 15 is 0 Å². The van der Waals surface area contributed by atoms with E-state index in [1.54, 1.807) is 4.90 Å². The molecule has 6 heteroatoms. The highest BCUT2D eigenvalue weighted by atomic mass is 16.5. The van der Waals surface area contributed by atoms with Crippen LogP contribution in [0.4, 0.5) is 5.69 Å². The third-order valence-electron chi connectivity index (χ3n) is 3.88. The SMILES string of the molecule is COCC(N)C(=O)N1CCC(C(=O)Nc2ccccc2)CC1. The number of carbonyl (C=O) groups excluding carboxylic acids is 2. The molecule has 6 nitrogen and oxygen atoms in total. The van der Waals surface area contributed by atoms with Gasteiger partial charge in [0.25, 0.3) is 0 Å². The molecule has 0 saturated carbocycles. The zero-order chi connectivity index (χ0) is 15.9. The van der Waals surface area contributed by atoms with E-state index in [4.69, 9.17) is 10.5 Å². The number of nitrogens with zero attached hydrogens (tertiary/aromatic N) is 1. The summed E-state index contributed by atoms with van der Waals surface area (Å²) < 4.78 is 4.90. The second-order valence-corrected chi connectivity index (χ2v) is 5.52. The predicted octanol–water partition coefficient (Wildman–Crippen LogP) is 0.837. The molecule has 22 heavy (non-hydrogen) atoms. The highest BCUT2D eigenvalue weighted by Crippen LogP contribution is 2.20. The molecular weight excluding hydrogens is 282 g/mol. The van der Waals surface area contributed by atoms with Crippen LogP contribution in [0.2, 0.25) is 0 Å². The predicted molar refractivity (Wildman–Crippen MR) is 84.2 cm³/mol. The van der Waals surface area contributed by atoms with Gasteiger partial charge in [0.05, 0.1) is 6.61 Å². The lowest BCUT2D eigenvalue weighted by molar-refractivity contribution is -0.136. The fourth-order valence-electron chi connectivity index (χ4n) is 2.61. The van der Waals surface area contributed by atoms with Crippen LogP contribution in [0.15, 0.2) is 30.3 Å². The average molecular weight is 305 g/mol. The van der Waals surface area contributed by atoms with Crippen LogP contribution in [0.5, 0.6) is 0 Å². The largest absolute Gasteiger partial charge is 0.383 e. The van der Waals surface area contributed by atoms with Crippen LogP contribution >= 0.6 is 0 Å². The van der Waals surface area contributed by atoms with Crippen LogP contribution in [0, 0.1) is 5.92 Å². The van der Waals surface area contributed by atoms with Gasteiger partial charge < -0.3 is 20.7 Å². The quantitative estimate of drug-likeness (QED) is 0.844. The molecule has 1 aromatic carbocycles. The molecule has 120 valence electrons. The van der Waals surface area contributed by atoms with Gasteiger partial charge in [0, 0.05) is 31.8 Å². The smallest absolute Gasteiger partial charge is 0.241 e. The Hall–Kier alpha value is -1.92. The summed E-state index contributed by atoms with van der Waals surface area (Å²) in [5.74, 6) is -0.161. The Morgan fingerprint density at radius 1 is 1.32 bits per heavy atom. The molecule has 1 heterocycles. The molecule has 1 aliphatic heterocycles. The number of methoxy groups -OCH3 is 1. The molecule has 0 radical (unpaired) electrons. The van der Waals surface area contributed by atoms with Gasteiger partial charge in [-0.3, -0.25) is 9.59 Å². The number of likely N-dealkylation sites (tertiary alicyclic amines) is 1. The second-order valence-electron chi connectivity index (χ2n) is 5.52. The summed E-state index contributed by atoms with van der Waals surface area (Å²) in [6, 6.07) is 8.77. The van der Waals surface area contributed by atoms with Crippen molar-refractivity contribution in [3.05, 3.63) is 30.3 Å². The molecule has 1 aliphatic rings. The first-order valence-electron chi connectivity index (χ1n) is 7.51. The molecule has 1 atom stereocenters. The molecule has 0 bridgehead atoms. The minimum absolute atomic E-state index is 0.0134. The van der Waals surface area contributed by atoms with Crippen molar-refractivity contribution in [1.82, 2.24) is 4.90 Å². The molecule has 2 amide bonds. The molecule has 1 unspecified atom stereocenters. The van der Waals surface area contributed by atoms with E-state index in [-0.39, 0.29) is 24.3 Å². The standard InChI is InChI=1S/C16H23N3O3/c1-22-11-14(17)16(21)19-9-7-12(8-10-19)15(20)18-13-5-3-2-4-6-13/h2-6,12,14H,7-11,17H2,1H3,(H,18,20). The molecular formula is C16H23N3O3. The highest BCUT2D eigenvalue weighted by molar-refractivity contribution is 5.92. The maximum absolute atomic E-state index is 12.2. The monoisotopic (exact) mass is 305 g/mol. The van der Waals surface area contributed by atoms with Gasteiger partial charge in [0.2, 0.25) is 11.8 Å². The average Bonchev–Trinajstić information content (AvgIpc) is 2.55. The number of nitrogens with one attached hydrogen (secondary N) is 1. The van der Waals surface area contributed by atoms with Crippen molar-refractivity contribution in [1.29, 1.82) is 0 Å². The lowest BCUT2D eigenvalue weighted by Crippen LogP contribution is -2.49. The Kier molecular flexibility index (Phi) is 5.91. The van der Waals surface area contributed by atoms with Gasteiger partial charge >= 0.3 is 0 Å². The number of amides is 2. The third kappa shape index (κ3) is 4.29. The number of nitrogens with two attached hydrogens (primary N) is 1. The lowest BCUT2D eigenvalue weighted by atomic mass is 9.95. The Balaban J connectivity index is 1.81. The maximum atomic E-state index is 12.2. The zero-order valence-corrected chi connectivity index (χ0v) is 12.8. The number of benzene rings is 1. The Morgan fingerprint density at radius 2 is 1.95 bits per heavy atom. The number of hydrogen-bond donors (Lipinski definition) is 2. The molecule has 0 aliphatic carbocycles. The number of piperidine rings is 1. The fraction of sp³-hybridized carbons (Fsp3) is 0.500. The van der Waals surface area contributed by atoms with Crippen LogP contribution in [0.3, 0.4) is 0 Å². The summed E-state index contributed by atoms with van der Waals surface area (Å²) in [5.41, 5.74) is 6.56. The highest BCUT2D eigenvalue weighted by Gasteiger charge is 2.29. The molecule has 0 spiro atoms. The summed E-state index contributed by atoms with van der Waals surface area (Å²) in [6.07, 6.45) is 1.31. The number of carbonyl (C=O) groups is 2. The van der Waals surface area contributed by atoms with Crippen LogP contribution in [-0.2, 0) is 14.3 Å². The molecule has 1 saturated heterocycles. The van der Waals surface area contributed by atoms with E-state index in [0.717, 1.165) is 5.69 Å². The van der Waals surface area contributed by atoms with Gasteiger partial charge in [0.1, 0.15) is 6.04 Å². The van der Waals surface area contributed by atoms with Gasteiger partial charge in [-0.05, 0) is 25.0 Å². The van der Waals surface area contributed by atoms with Gasteiger partial charge in [-0.25, -0.2) is 0 Å². The molecule has 2 rings (SSSR count). The van der Waals surface area contributed by atoms with Crippen molar-refractivity contribution in [2.75, 3.05) is 32.1 Å². The van der Waals surface area contributed by atoms with Crippen molar-refractivity contribution in [3.63, 3.8) is 0 Å². The van der Waals surface area contributed by atoms with E-state index in [1.807, 2.05) is 30.3 Å². The van der Waals surface area contributed by atoms with Gasteiger partial charge in [-0.2, -0.15) is 0 Å². The van der Waals surface area contributed by atoms with Crippen molar-refractivity contribution in [2.24, 2.45) is 11.7 Å². The minimum atomic E-state index is -0.625. The number of ether oxygens (including phenoxy) is 1. The first-order valence-corrected chi connectivity index (χ1v) is 7.51. The molecule has 1 fully saturated rings. The van der Waals surface area contributed by atoms with Crippen LogP contribution in [0.1, 0.15) is 12.8 Å². The Bertz CT molecular complexity index is 499. The van der Waals surface area contributed by atoms with Crippen molar-refractivity contribution < 1.29 is 14.3 Å². The summed E-state index contributed by atoms with van der Waals surface area (Å²) in [4.78, 5) is 26.0. The lowest BCUT2D eigenvalue weighted by Gasteiger charge is -2.32. The van der Waals surface area contributed by atoms with E-state index < -0.39 is 6.04 Å². The van der Waals surface area contributed by atoms with E-state index in [9.17, 15) is 9.59 Å². The van der Waals surface area contributed by atoms with E-state index in [0.29, 0.717) is 25.9 Å². The summed E-state index contributed by atoms with van der Waals surface area (Å²) in [5, 5.41) is 2.91. The van der Waals surface area contributed by atoms with Crippen molar-refractivity contribution >= 4 is 17.5 Å². The van der Waals surface area contributed by atoms with Crippen LogP contribution < -0.4 is 11.1 Å². The fourth-order valence-corrected chi connectivity index (χ4v) is 2.61. The third-order valence-corrected chi connectivity index (χ3v) is 3.88. The molecule has 1 aromatic rings. The topological polar surface area (TPSA) is 84.7 Å². The first kappa shape index (κ1) is 16.5. The Labute approximate surface area is 130 Å². The number of rotatable bonds is 5. The van der Waals surface area contributed by atoms with Crippen LogP contribution in [0.25, 0.3) is 0 Å². The maximum Gasteiger partial charge on any atom is 0.241 e. The molecule has 3 N–H and O–H groups in total. The van der Waals surface area contributed by atoms with Gasteiger partial charge in [-0.1, -0.05) is 18.2 Å². The minimum Gasteiger partial charge on any atom is -0.383 e. The van der Waals surface area contributed by atoms with Gasteiger partial charge in [-0.15, -0.1) is 0 Å². The second kappa shape index (κ2) is 7.91. The summed E-state index contributed by atoms with van der Waals surface area (Å²) in [7, 11) is 1.52. The van der Waals surface area contributed by atoms with Gasteiger partial charge in [0.15, 0.2) is 0 Å². The number of para-hydroxylation sites is 1.